The zero-order valence-electron chi connectivity index (χ0n) is 15.1. The molecule has 24 heavy (non-hydrogen) atoms. The summed E-state index contributed by atoms with van der Waals surface area (Å²) in [6.07, 6.45) is 6.05. The number of aromatic nitrogens is 2. The van der Waals surface area contributed by atoms with Crippen molar-refractivity contribution in [3.8, 4) is 0 Å². The fourth-order valence-electron chi connectivity index (χ4n) is 3.05. The maximum Gasteiger partial charge on any atom is 0.250 e. The molecule has 1 atom stereocenters. The minimum absolute atomic E-state index is 0.196. The molecule has 132 valence electrons. The third kappa shape index (κ3) is 4.35. The Labute approximate surface area is 144 Å². The lowest BCUT2D eigenvalue weighted by molar-refractivity contribution is 0.100. The van der Waals surface area contributed by atoms with E-state index in [0.29, 0.717) is 11.1 Å². The number of hydrogen-bond acceptors (Lipinski definition) is 3. The fraction of sp³-hybridized carbons (Fsp3) is 0.579. The van der Waals surface area contributed by atoms with Crippen LogP contribution in [0.15, 0.2) is 18.2 Å². The molecule has 0 saturated carbocycles. The van der Waals surface area contributed by atoms with Crippen molar-refractivity contribution in [2.24, 2.45) is 5.73 Å². The van der Waals surface area contributed by atoms with Gasteiger partial charge in [0, 0.05) is 0 Å². The Morgan fingerprint density at radius 3 is 2.58 bits per heavy atom. The van der Waals surface area contributed by atoms with Gasteiger partial charge >= 0.3 is 0 Å². The van der Waals surface area contributed by atoms with Gasteiger partial charge in [0.1, 0.15) is 11.3 Å². The van der Waals surface area contributed by atoms with E-state index in [9.17, 15) is 4.79 Å². The first-order chi connectivity index (χ1) is 11.6. The standard InChI is InChI=1S/C19H30N4O/c1-4-6-8-13-23(12-7-5-2)14(3)19-21-16-11-9-10-15(18(20)24)17(16)22-19/h9-11,14H,4-8,12-13H2,1-3H3,(H2,20,24)(H,21,22). The molecule has 3 N–H and O–H groups in total. The van der Waals surface area contributed by atoms with Gasteiger partial charge in [-0.3, -0.25) is 9.69 Å². The number of carbonyl (C=O) groups excluding carboxylic acids is 1. The molecule has 1 unspecified atom stereocenters. The highest BCUT2D eigenvalue weighted by atomic mass is 16.1. The summed E-state index contributed by atoms with van der Waals surface area (Å²) in [4.78, 5) is 22.2. The number of hydrogen-bond donors (Lipinski definition) is 2. The Morgan fingerprint density at radius 2 is 1.92 bits per heavy atom. The smallest absolute Gasteiger partial charge is 0.250 e. The first kappa shape index (κ1) is 18.5. The molecule has 2 rings (SSSR count). The second-order valence-corrected chi connectivity index (χ2v) is 6.46. The summed E-state index contributed by atoms with van der Waals surface area (Å²) in [5, 5.41) is 0. The van der Waals surface area contributed by atoms with Gasteiger partial charge in [-0.1, -0.05) is 39.2 Å². The molecule has 1 amide bonds. The van der Waals surface area contributed by atoms with Crippen LogP contribution in [0.1, 0.15) is 75.1 Å². The molecule has 0 radical (unpaired) electrons. The molecule has 0 spiro atoms. The van der Waals surface area contributed by atoms with E-state index >= 15 is 0 Å². The van der Waals surface area contributed by atoms with E-state index in [2.05, 4.69) is 30.7 Å². The maximum atomic E-state index is 11.6. The topological polar surface area (TPSA) is 75.0 Å². The number of H-pyrrole nitrogens is 1. The normalized spacial score (nSPS) is 12.8. The summed E-state index contributed by atoms with van der Waals surface area (Å²) in [7, 11) is 0. The number of para-hydroxylation sites is 1. The van der Waals surface area contributed by atoms with Gasteiger partial charge in [0.2, 0.25) is 0 Å². The van der Waals surface area contributed by atoms with Crippen LogP contribution in [-0.2, 0) is 0 Å². The quantitative estimate of drug-likeness (QED) is 0.646. The van der Waals surface area contributed by atoms with E-state index in [4.69, 9.17) is 10.7 Å². The number of rotatable bonds is 10. The number of carbonyl (C=O) groups is 1. The van der Waals surface area contributed by atoms with E-state index in [1.807, 2.05) is 12.1 Å². The van der Waals surface area contributed by atoms with Crippen LogP contribution in [0.5, 0.6) is 0 Å². The summed E-state index contributed by atoms with van der Waals surface area (Å²) < 4.78 is 0. The van der Waals surface area contributed by atoms with E-state index in [1.165, 1.54) is 32.1 Å². The Hall–Kier alpha value is -1.88. The molecule has 2 aromatic rings. The molecule has 0 aliphatic heterocycles. The van der Waals surface area contributed by atoms with E-state index in [-0.39, 0.29) is 6.04 Å². The number of nitrogens with zero attached hydrogens (tertiary/aromatic N) is 2. The monoisotopic (exact) mass is 330 g/mol. The third-order valence-corrected chi connectivity index (χ3v) is 4.59. The molecule has 0 aliphatic carbocycles. The molecule has 0 aliphatic rings. The van der Waals surface area contributed by atoms with Gasteiger partial charge in [-0.2, -0.15) is 0 Å². The lowest BCUT2D eigenvalue weighted by Gasteiger charge is -2.27. The summed E-state index contributed by atoms with van der Waals surface area (Å²) in [6, 6.07) is 5.71. The number of aromatic amines is 1. The molecule has 1 aromatic carbocycles. The Balaban J connectivity index is 2.24. The molecule has 5 nitrogen and oxygen atoms in total. The highest BCUT2D eigenvalue weighted by Crippen LogP contribution is 2.24. The Morgan fingerprint density at radius 1 is 1.21 bits per heavy atom. The number of primary amides is 1. The van der Waals surface area contributed by atoms with Gasteiger partial charge in [0.05, 0.1) is 17.1 Å². The zero-order valence-corrected chi connectivity index (χ0v) is 15.1. The molecule has 0 fully saturated rings. The van der Waals surface area contributed by atoms with E-state index in [0.717, 1.165) is 24.4 Å². The summed E-state index contributed by atoms with van der Waals surface area (Å²) in [5.41, 5.74) is 7.50. The van der Waals surface area contributed by atoms with Crippen LogP contribution in [-0.4, -0.2) is 33.9 Å². The Bertz CT molecular complexity index is 664. The maximum absolute atomic E-state index is 11.6. The largest absolute Gasteiger partial charge is 0.366 e. The van der Waals surface area contributed by atoms with Gasteiger partial charge < -0.3 is 10.7 Å². The van der Waals surface area contributed by atoms with Crippen molar-refractivity contribution in [3.05, 3.63) is 29.6 Å². The summed E-state index contributed by atoms with van der Waals surface area (Å²) in [6.45, 7) is 8.78. The van der Waals surface area contributed by atoms with Crippen LogP contribution < -0.4 is 5.73 Å². The van der Waals surface area contributed by atoms with E-state index in [1.54, 1.807) is 6.07 Å². The number of imidazole rings is 1. The van der Waals surface area contributed by atoms with Gasteiger partial charge in [-0.15, -0.1) is 0 Å². The second kappa shape index (κ2) is 8.83. The molecule has 0 saturated heterocycles. The van der Waals surface area contributed by atoms with Crippen molar-refractivity contribution in [3.63, 3.8) is 0 Å². The van der Waals surface area contributed by atoms with Gasteiger partial charge in [0.25, 0.3) is 5.91 Å². The third-order valence-electron chi connectivity index (χ3n) is 4.59. The number of nitrogens with one attached hydrogen (secondary N) is 1. The van der Waals surface area contributed by atoms with Crippen molar-refractivity contribution < 1.29 is 4.79 Å². The number of amides is 1. The lowest BCUT2D eigenvalue weighted by Crippen LogP contribution is -2.30. The summed E-state index contributed by atoms with van der Waals surface area (Å²) >= 11 is 0. The first-order valence-corrected chi connectivity index (χ1v) is 9.10. The lowest BCUT2D eigenvalue weighted by atomic mass is 10.2. The van der Waals surface area contributed by atoms with Crippen molar-refractivity contribution in [2.45, 2.75) is 58.9 Å². The van der Waals surface area contributed by atoms with E-state index < -0.39 is 5.91 Å². The van der Waals surface area contributed by atoms with Crippen molar-refractivity contribution in [1.82, 2.24) is 14.9 Å². The van der Waals surface area contributed by atoms with Crippen molar-refractivity contribution in [1.29, 1.82) is 0 Å². The number of benzene rings is 1. The minimum atomic E-state index is -0.433. The SMILES string of the molecule is CCCCCN(CCCC)C(C)c1nc2c(C(N)=O)cccc2[nH]1. The molecule has 5 heteroatoms. The molecular formula is C19H30N4O. The number of nitrogens with two attached hydrogens (primary N) is 1. The number of fused-ring (bicyclic) bond motifs is 1. The highest BCUT2D eigenvalue weighted by Gasteiger charge is 2.20. The molecule has 1 aromatic heterocycles. The van der Waals surface area contributed by atoms with Gasteiger partial charge in [-0.25, -0.2) is 4.98 Å². The Kier molecular flexibility index (Phi) is 6.79. The van der Waals surface area contributed by atoms with Crippen LogP contribution >= 0.6 is 0 Å². The summed E-state index contributed by atoms with van der Waals surface area (Å²) in [5.74, 6) is 0.475. The second-order valence-electron chi connectivity index (χ2n) is 6.46. The van der Waals surface area contributed by atoms with Crippen LogP contribution in [0.3, 0.4) is 0 Å². The minimum Gasteiger partial charge on any atom is -0.366 e. The van der Waals surface area contributed by atoms with Crippen LogP contribution in [0.25, 0.3) is 11.0 Å². The molecule has 1 heterocycles. The zero-order chi connectivity index (χ0) is 17.5. The van der Waals surface area contributed by atoms with Crippen LogP contribution in [0.2, 0.25) is 0 Å². The molecular weight excluding hydrogens is 300 g/mol. The molecule has 0 bridgehead atoms. The van der Waals surface area contributed by atoms with Gasteiger partial charge in [-0.05, 0) is 45.0 Å². The van der Waals surface area contributed by atoms with Crippen molar-refractivity contribution in [2.75, 3.05) is 13.1 Å². The van der Waals surface area contributed by atoms with Gasteiger partial charge in [0.15, 0.2) is 0 Å². The number of unbranched alkanes of at least 4 members (excludes halogenated alkanes) is 3. The fourth-order valence-corrected chi connectivity index (χ4v) is 3.05. The predicted octanol–water partition coefficient (Wildman–Crippen LogP) is 4.02. The van der Waals surface area contributed by atoms with Crippen LogP contribution in [0.4, 0.5) is 0 Å². The van der Waals surface area contributed by atoms with Crippen LogP contribution in [0, 0.1) is 0 Å². The highest BCUT2D eigenvalue weighted by molar-refractivity contribution is 6.04. The van der Waals surface area contributed by atoms with Crippen molar-refractivity contribution >= 4 is 16.9 Å². The average molecular weight is 330 g/mol. The average Bonchev–Trinajstić information content (AvgIpc) is 3.01. The predicted molar refractivity (Wildman–Crippen MR) is 99.0 cm³/mol. The first-order valence-electron chi connectivity index (χ1n) is 9.10.